The zero-order chi connectivity index (χ0) is 13.6. The minimum Gasteiger partial charge on any atom is -0.451 e. The minimum atomic E-state index is -0.404. The van der Waals surface area contributed by atoms with E-state index in [9.17, 15) is 4.39 Å². The summed E-state index contributed by atoms with van der Waals surface area (Å²) in [7, 11) is 0. The third-order valence-corrected chi connectivity index (χ3v) is 3.06. The van der Waals surface area contributed by atoms with Crippen LogP contribution in [0.4, 0.5) is 10.2 Å². The minimum absolute atomic E-state index is 0.205. The van der Waals surface area contributed by atoms with E-state index in [1.54, 1.807) is 18.2 Å². The molecule has 2 heterocycles. The monoisotopic (exact) mass is 257 g/mol. The SMILES string of the molecule is Cc1nc(N)c(-c2cc3cccc(F)c3o2)nc1C. The van der Waals surface area contributed by atoms with Crippen molar-refractivity contribution in [1.29, 1.82) is 0 Å². The van der Waals surface area contributed by atoms with Gasteiger partial charge >= 0.3 is 0 Å². The second-order valence-corrected chi connectivity index (χ2v) is 4.40. The molecule has 0 aliphatic carbocycles. The predicted octanol–water partition coefficient (Wildman–Crippen LogP) is 3.23. The number of nitrogens with two attached hydrogens (primary N) is 1. The molecule has 0 aliphatic heterocycles. The number of halogens is 1. The zero-order valence-electron chi connectivity index (χ0n) is 10.6. The summed E-state index contributed by atoms with van der Waals surface area (Å²) >= 11 is 0. The summed E-state index contributed by atoms with van der Waals surface area (Å²) in [4.78, 5) is 8.57. The summed E-state index contributed by atoms with van der Waals surface area (Å²) in [5.74, 6) is 0.301. The molecule has 3 rings (SSSR count). The van der Waals surface area contributed by atoms with E-state index in [2.05, 4.69) is 9.97 Å². The number of aryl methyl sites for hydroxylation is 2. The van der Waals surface area contributed by atoms with Gasteiger partial charge in [0, 0.05) is 5.39 Å². The van der Waals surface area contributed by atoms with Gasteiger partial charge in [-0.1, -0.05) is 12.1 Å². The van der Waals surface area contributed by atoms with Crippen molar-refractivity contribution in [2.45, 2.75) is 13.8 Å². The van der Waals surface area contributed by atoms with Crippen LogP contribution in [0.3, 0.4) is 0 Å². The fourth-order valence-corrected chi connectivity index (χ4v) is 1.95. The number of hydrogen-bond acceptors (Lipinski definition) is 4. The first-order chi connectivity index (χ1) is 9.06. The van der Waals surface area contributed by atoms with Crippen LogP contribution < -0.4 is 5.73 Å². The predicted molar refractivity (Wildman–Crippen MR) is 71.1 cm³/mol. The number of rotatable bonds is 1. The highest BCUT2D eigenvalue weighted by Gasteiger charge is 2.15. The number of anilines is 1. The van der Waals surface area contributed by atoms with Crippen molar-refractivity contribution in [3.8, 4) is 11.5 Å². The number of aromatic nitrogens is 2. The molecule has 0 aliphatic rings. The molecule has 0 spiro atoms. The Labute approximate surface area is 109 Å². The highest BCUT2D eigenvalue weighted by atomic mass is 19.1. The number of furan rings is 1. The van der Waals surface area contributed by atoms with Crippen LogP contribution in [0.25, 0.3) is 22.4 Å². The van der Waals surface area contributed by atoms with E-state index < -0.39 is 5.82 Å². The molecule has 0 atom stereocenters. The third kappa shape index (κ3) is 1.83. The number of nitrogens with zero attached hydrogens (tertiary/aromatic N) is 2. The highest BCUT2D eigenvalue weighted by molar-refractivity contribution is 5.84. The molecule has 0 fully saturated rings. The van der Waals surface area contributed by atoms with Gasteiger partial charge < -0.3 is 10.2 Å². The first-order valence-corrected chi connectivity index (χ1v) is 5.85. The maximum atomic E-state index is 13.6. The smallest absolute Gasteiger partial charge is 0.170 e. The van der Waals surface area contributed by atoms with E-state index in [4.69, 9.17) is 10.2 Å². The van der Waals surface area contributed by atoms with Crippen LogP contribution in [0.2, 0.25) is 0 Å². The molecular weight excluding hydrogens is 245 g/mol. The Balaban J connectivity index is 2.25. The number of fused-ring (bicyclic) bond motifs is 1. The summed E-state index contributed by atoms with van der Waals surface area (Å²) < 4.78 is 19.1. The van der Waals surface area contributed by atoms with E-state index in [0.717, 1.165) is 11.4 Å². The number of para-hydroxylation sites is 1. The normalized spacial score (nSPS) is 11.1. The molecule has 3 aromatic rings. The first kappa shape index (κ1) is 11.6. The Morgan fingerprint density at radius 1 is 1.16 bits per heavy atom. The van der Waals surface area contributed by atoms with E-state index in [1.165, 1.54) is 6.07 Å². The summed E-state index contributed by atoms with van der Waals surface area (Å²) in [5, 5.41) is 0.675. The van der Waals surface area contributed by atoms with Crippen LogP contribution >= 0.6 is 0 Å². The average Bonchev–Trinajstić information content (AvgIpc) is 2.79. The summed E-state index contributed by atoms with van der Waals surface area (Å²) in [6.45, 7) is 3.68. The van der Waals surface area contributed by atoms with Crippen LogP contribution in [-0.2, 0) is 0 Å². The van der Waals surface area contributed by atoms with Gasteiger partial charge in [-0.25, -0.2) is 14.4 Å². The molecule has 0 saturated carbocycles. The third-order valence-electron chi connectivity index (χ3n) is 3.06. The Morgan fingerprint density at radius 3 is 2.63 bits per heavy atom. The number of benzene rings is 1. The maximum absolute atomic E-state index is 13.6. The molecule has 0 bridgehead atoms. The van der Waals surface area contributed by atoms with Gasteiger partial charge in [0.1, 0.15) is 5.69 Å². The van der Waals surface area contributed by atoms with Crippen molar-refractivity contribution in [1.82, 2.24) is 9.97 Å². The van der Waals surface area contributed by atoms with Gasteiger partial charge in [0.25, 0.3) is 0 Å². The Bertz CT molecular complexity index is 780. The molecule has 96 valence electrons. The van der Waals surface area contributed by atoms with Crippen LogP contribution in [0.1, 0.15) is 11.4 Å². The molecular formula is C14H12FN3O. The molecule has 2 N–H and O–H groups in total. The molecule has 0 radical (unpaired) electrons. The molecule has 1 aromatic carbocycles. The van der Waals surface area contributed by atoms with Gasteiger partial charge in [-0.15, -0.1) is 0 Å². The highest BCUT2D eigenvalue weighted by Crippen LogP contribution is 2.30. The van der Waals surface area contributed by atoms with Crippen molar-refractivity contribution >= 4 is 16.8 Å². The number of nitrogen functional groups attached to an aromatic ring is 1. The van der Waals surface area contributed by atoms with E-state index in [0.29, 0.717) is 16.8 Å². The average molecular weight is 257 g/mol. The lowest BCUT2D eigenvalue weighted by molar-refractivity contribution is 0.567. The van der Waals surface area contributed by atoms with Crippen molar-refractivity contribution in [3.63, 3.8) is 0 Å². The largest absolute Gasteiger partial charge is 0.451 e. The number of hydrogen-bond donors (Lipinski definition) is 1. The molecule has 0 amide bonds. The van der Waals surface area contributed by atoms with Gasteiger partial charge in [0.2, 0.25) is 0 Å². The van der Waals surface area contributed by atoms with Crippen molar-refractivity contribution < 1.29 is 8.81 Å². The van der Waals surface area contributed by atoms with Gasteiger partial charge in [-0.3, -0.25) is 0 Å². The molecule has 5 heteroatoms. The fourth-order valence-electron chi connectivity index (χ4n) is 1.95. The quantitative estimate of drug-likeness (QED) is 0.726. The standard InChI is InChI=1S/C14H12FN3O/c1-7-8(2)18-14(16)12(17-7)11-6-9-4-3-5-10(15)13(9)19-11/h3-6H,1-2H3,(H2,16,18). The Kier molecular flexibility index (Phi) is 2.48. The van der Waals surface area contributed by atoms with Crippen molar-refractivity contribution in [2.24, 2.45) is 0 Å². The molecule has 2 aromatic heterocycles. The summed E-state index contributed by atoms with van der Waals surface area (Å²) in [6, 6.07) is 6.47. The topological polar surface area (TPSA) is 64.9 Å². The fraction of sp³-hybridized carbons (Fsp3) is 0.143. The van der Waals surface area contributed by atoms with Crippen LogP contribution in [-0.4, -0.2) is 9.97 Å². The maximum Gasteiger partial charge on any atom is 0.170 e. The lowest BCUT2D eigenvalue weighted by Crippen LogP contribution is -2.01. The van der Waals surface area contributed by atoms with E-state index >= 15 is 0 Å². The molecule has 19 heavy (non-hydrogen) atoms. The van der Waals surface area contributed by atoms with E-state index in [-0.39, 0.29) is 11.4 Å². The summed E-state index contributed by atoms with van der Waals surface area (Å²) in [6.07, 6.45) is 0. The zero-order valence-corrected chi connectivity index (χ0v) is 10.6. The lowest BCUT2D eigenvalue weighted by atomic mass is 10.2. The first-order valence-electron chi connectivity index (χ1n) is 5.85. The van der Waals surface area contributed by atoms with Crippen LogP contribution in [0.15, 0.2) is 28.7 Å². The Morgan fingerprint density at radius 2 is 1.89 bits per heavy atom. The van der Waals surface area contributed by atoms with Crippen LogP contribution in [0, 0.1) is 19.7 Å². The van der Waals surface area contributed by atoms with Crippen molar-refractivity contribution in [3.05, 3.63) is 41.5 Å². The molecule has 4 nitrogen and oxygen atoms in total. The van der Waals surface area contributed by atoms with Crippen LogP contribution in [0.5, 0.6) is 0 Å². The van der Waals surface area contributed by atoms with Crippen molar-refractivity contribution in [2.75, 3.05) is 5.73 Å². The van der Waals surface area contributed by atoms with Gasteiger partial charge in [0.15, 0.2) is 23.0 Å². The lowest BCUT2D eigenvalue weighted by Gasteiger charge is -2.04. The second-order valence-electron chi connectivity index (χ2n) is 4.40. The van der Waals surface area contributed by atoms with Gasteiger partial charge in [-0.2, -0.15) is 0 Å². The van der Waals surface area contributed by atoms with Gasteiger partial charge in [-0.05, 0) is 26.0 Å². The summed E-state index contributed by atoms with van der Waals surface area (Å²) in [5.41, 5.74) is 8.04. The van der Waals surface area contributed by atoms with Gasteiger partial charge in [0.05, 0.1) is 11.4 Å². The Hall–Kier alpha value is -2.43. The molecule has 0 unspecified atom stereocenters. The molecule has 0 saturated heterocycles. The van der Waals surface area contributed by atoms with E-state index in [1.807, 2.05) is 13.8 Å². The second kappa shape index (κ2) is 4.05.